The van der Waals surface area contributed by atoms with Crippen molar-refractivity contribution in [2.75, 3.05) is 10.6 Å². The molecule has 11 heteroatoms. The fraction of sp³-hybridized carbons (Fsp3) is 0. The number of rotatable bonds is 6. The topological polar surface area (TPSA) is 127 Å². The lowest BCUT2D eigenvalue weighted by Gasteiger charge is -2.10. The molecule has 0 bridgehead atoms. The summed E-state index contributed by atoms with van der Waals surface area (Å²) in [7, 11) is 0. The molecule has 0 spiro atoms. The molecular weight excluding hydrogens is 608 g/mol. The van der Waals surface area contributed by atoms with Gasteiger partial charge in [-0.25, -0.2) is 19.9 Å². The summed E-state index contributed by atoms with van der Waals surface area (Å²) in [5.74, 6) is 2.73. The third kappa shape index (κ3) is 6.98. The number of halogens is 1. The molecule has 0 fully saturated rings. The maximum atomic E-state index is 6.09. The molecule has 0 radical (unpaired) electrons. The molecule has 6 aromatic heterocycles. The van der Waals surface area contributed by atoms with E-state index in [1.54, 1.807) is 49.6 Å². The van der Waals surface area contributed by atoms with E-state index in [0.717, 1.165) is 50.1 Å². The van der Waals surface area contributed by atoms with Gasteiger partial charge in [-0.2, -0.15) is 0 Å². The number of anilines is 4. The quantitative estimate of drug-likeness (QED) is 0.185. The number of aromatic nitrogens is 8. The number of hydrogen-bond donors (Lipinski definition) is 2. The summed E-state index contributed by atoms with van der Waals surface area (Å²) in [5.41, 5.74) is 5.22. The van der Waals surface area contributed by atoms with E-state index in [2.05, 4.69) is 45.5 Å². The highest BCUT2D eigenvalue weighted by Gasteiger charge is 2.11. The van der Waals surface area contributed by atoms with E-state index in [9.17, 15) is 0 Å². The highest BCUT2D eigenvalue weighted by Crippen LogP contribution is 2.28. The SMILES string of the molecule is Clc1cccc(-c2nc(Nc3ccncc3)c3ccncc3n2)c1.c1ccc(-c2nc(Nc3ccncc3)c3ccncc3n2)cc1. The molecule has 2 N–H and O–H groups in total. The zero-order chi connectivity index (χ0) is 31.8. The molecule has 0 amide bonds. The molecule has 0 unspecified atom stereocenters. The Morgan fingerprint density at radius 1 is 0.447 bits per heavy atom. The summed E-state index contributed by atoms with van der Waals surface area (Å²) < 4.78 is 0. The minimum absolute atomic E-state index is 0.592. The summed E-state index contributed by atoms with van der Waals surface area (Å²) in [4.78, 5) is 35.0. The summed E-state index contributed by atoms with van der Waals surface area (Å²) in [6, 6.07) is 28.8. The third-order valence-electron chi connectivity index (χ3n) is 7.00. The lowest BCUT2D eigenvalue weighted by atomic mass is 10.2. The van der Waals surface area contributed by atoms with Crippen LogP contribution in [-0.4, -0.2) is 39.9 Å². The first-order valence-electron chi connectivity index (χ1n) is 14.6. The van der Waals surface area contributed by atoms with Crippen LogP contribution in [0.25, 0.3) is 44.6 Å². The van der Waals surface area contributed by atoms with Gasteiger partial charge in [0.1, 0.15) is 11.6 Å². The van der Waals surface area contributed by atoms with Crippen LogP contribution in [0.5, 0.6) is 0 Å². The van der Waals surface area contributed by atoms with Crippen molar-refractivity contribution in [1.82, 2.24) is 39.9 Å². The Morgan fingerprint density at radius 3 is 1.47 bits per heavy atom. The average Bonchev–Trinajstić information content (AvgIpc) is 3.13. The molecule has 8 aromatic rings. The highest BCUT2D eigenvalue weighted by molar-refractivity contribution is 6.30. The van der Waals surface area contributed by atoms with E-state index in [1.165, 1.54) is 0 Å². The van der Waals surface area contributed by atoms with Gasteiger partial charge in [0, 0.05) is 75.5 Å². The van der Waals surface area contributed by atoms with Gasteiger partial charge >= 0.3 is 0 Å². The van der Waals surface area contributed by atoms with Crippen molar-refractivity contribution in [3.63, 3.8) is 0 Å². The average molecular weight is 633 g/mol. The Bertz CT molecular complexity index is 2270. The Kier molecular flexibility index (Phi) is 8.56. The summed E-state index contributed by atoms with van der Waals surface area (Å²) in [6.45, 7) is 0. The van der Waals surface area contributed by atoms with Crippen LogP contribution in [-0.2, 0) is 0 Å². The molecule has 2 aromatic carbocycles. The molecule has 226 valence electrons. The first kappa shape index (κ1) is 29.3. The Hall–Kier alpha value is -6.39. The molecule has 0 saturated heterocycles. The van der Waals surface area contributed by atoms with Gasteiger partial charge in [-0.3, -0.25) is 19.9 Å². The molecule has 8 rings (SSSR count). The molecule has 0 saturated carbocycles. The maximum Gasteiger partial charge on any atom is 0.162 e. The highest BCUT2D eigenvalue weighted by atomic mass is 35.5. The van der Waals surface area contributed by atoms with Gasteiger partial charge in [-0.15, -0.1) is 0 Å². The Morgan fingerprint density at radius 2 is 0.936 bits per heavy atom. The molecule has 0 aliphatic heterocycles. The van der Waals surface area contributed by atoms with E-state index >= 15 is 0 Å². The number of nitrogens with one attached hydrogen (secondary N) is 2. The second-order valence-corrected chi connectivity index (χ2v) is 10.6. The summed E-state index contributed by atoms with van der Waals surface area (Å²) in [6.07, 6.45) is 13.9. The predicted octanol–water partition coefficient (Wildman–Crippen LogP) is 8.31. The summed E-state index contributed by atoms with van der Waals surface area (Å²) >= 11 is 6.09. The van der Waals surface area contributed by atoms with Crippen LogP contribution in [0.1, 0.15) is 0 Å². The van der Waals surface area contributed by atoms with E-state index in [-0.39, 0.29) is 0 Å². The van der Waals surface area contributed by atoms with Crippen LogP contribution in [0.4, 0.5) is 23.0 Å². The zero-order valence-corrected chi connectivity index (χ0v) is 25.5. The summed E-state index contributed by atoms with van der Waals surface area (Å²) in [5, 5.41) is 9.13. The van der Waals surface area contributed by atoms with E-state index in [4.69, 9.17) is 16.6 Å². The molecule has 0 aliphatic carbocycles. The van der Waals surface area contributed by atoms with Crippen molar-refractivity contribution in [3.05, 3.63) is 146 Å². The van der Waals surface area contributed by atoms with Gasteiger partial charge < -0.3 is 10.6 Å². The first-order chi connectivity index (χ1) is 23.2. The standard InChI is InChI=1S/C18H12ClN5.C18H13N5/c19-13-3-1-2-12(10-13)17-23-16-11-21-9-6-15(16)18(24-17)22-14-4-7-20-8-5-14;1-2-4-13(5-3-1)17-22-16-12-20-11-8-15(16)18(23-17)21-14-6-9-19-10-7-14/h1-11H,(H,20,22,23,24);1-12H,(H,19,21,22,23). The number of benzene rings is 2. The van der Waals surface area contributed by atoms with Gasteiger partial charge in [0.25, 0.3) is 0 Å². The van der Waals surface area contributed by atoms with Crippen molar-refractivity contribution in [1.29, 1.82) is 0 Å². The molecular formula is C36H25ClN10. The Balaban J connectivity index is 0.000000150. The van der Waals surface area contributed by atoms with Gasteiger partial charge in [0.15, 0.2) is 11.6 Å². The molecule has 10 nitrogen and oxygen atoms in total. The maximum absolute atomic E-state index is 6.09. The molecule has 0 aliphatic rings. The van der Waals surface area contributed by atoms with Gasteiger partial charge in [0.2, 0.25) is 0 Å². The van der Waals surface area contributed by atoms with E-state index in [1.807, 2.05) is 91.0 Å². The monoisotopic (exact) mass is 632 g/mol. The largest absolute Gasteiger partial charge is 0.340 e. The van der Waals surface area contributed by atoms with Crippen molar-refractivity contribution in [2.45, 2.75) is 0 Å². The minimum Gasteiger partial charge on any atom is -0.340 e. The second kappa shape index (κ2) is 13.7. The zero-order valence-electron chi connectivity index (χ0n) is 24.7. The third-order valence-corrected chi connectivity index (χ3v) is 7.23. The van der Waals surface area contributed by atoms with Crippen LogP contribution in [0.15, 0.2) is 141 Å². The van der Waals surface area contributed by atoms with E-state index in [0.29, 0.717) is 22.5 Å². The fourth-order valence-corrected chi connectivity index (χ4v) is 4.96. The van der Waals surface area contributed by atoms with Crippen LogP contribution < -0.4 is 10.6 Å². The number of hydrogen-bond acceptors (Lipinski definition) is 10. The lowest BCUT2D eigenvalue weighted by molar-refractivity contribution is 1.20. The van der Waals surface area contributed by atoms with Crippen LogP contribution in [0.2, 0.25) is 5.02 Å². The number of fused-ring (bicyclic) bond motifs is 2. The van der Waals surface area contributed by atoms with Crippen molar-refractivity contribution < 1.29 is 0 Å². The number of nitrogens with zero attached hydrogens (tertiary/aromatic N) is 8. The predicted molar refractivity (Wildman–Crippen MR) is 186 cm³/mol. The smallest absolute Gasteiger partial charge is 0.162 e. The fourth-order valence-electron chi connectivity index (χ4n) is 4.77. The van der Waals surface area contributed by atoms with E-state index < -0.39 is 0 Å². The first-order valence-corrected chi connectivity index (χ1v) is 15.0. The normalized spacial score (nSPS) is 10.7. The molecule has 6 heterocycles. The van der Waals surface area contributed by atoms with Gasteiger partial charge in [0.05, 0.1) is 23.4 Å². The second-order valence-electron chi connectivity index (χ2n) is 10.2. The number of pyridine rings is 4. The molecule has 0 atom stereocenters. The van der Waals surface area contributed by atoms with Gasteiger partial charge in [-0.05, 0) is 48.5 Å². The van der Waals surface area contributed by atoms with Gasteiger partial charge in [-0.1, -0.05) is 54.1 Å². The molecule has 47 heavy (non-hydrogen) atoms. The van der Waals surface area contributed by atoms with Crippen LogP contribution in [0, 0.1) is 0 Å². The Labute approximate surface area is 274 Å². The van der Waals surface area contributed by atoms with Crippen LogP contribution >= 0.6 is 11.6 Å². The van der Waals surface area contributed by atoms with Crippen molar-refractivity contribution in [2.24, 2.45) is 0 Å². The lowest BCUT2D eigenvalue weighted by Crippen LogP contribution is -1.99. The van der Waals surface area contributed by atoms with Crippen molar-refractivity contribution in [3.8, 4) is 22.8 Å². The minimum atomic E-state index is 0.592. The van der Waals surface area contributed by atoms with Crippen LogP contribution in [0.3, 0.4) is 0 Å². The van der Waals surface area contributed by atoms with Crippen molar-refractivity contribution >= 4 is 56.4 Å².